The van der Waals surface area contributed by atoms with Crippen molar-refractivity contribution in [1.29, 1.82) is 0 Å². The van der Waals surface area contributed by atoms with Crippen LogP contribution in [-0.4, -0.2) is 5.78 Å². The molecular formula is C15H18ClFO. The Hall–Kier alpha value is -0.890. The number of carbonyl (C=O) groups is 1. The van der Waals surface area contributed by atoms with Gasteiger partial charge in [0.25, 0.3) is 0 Å². The van der Waals surface area contributed by atoms with Gasteiger partial charge < -0.3 is 0 Å². The molecule has 18 heavy (non-hydrogen) atoms. The van der Waals surface area contributed by atoms with Crippen molar-refractivity contribution in [2.24, 2.45) is 11.8 Å². The molecule has 98 valence electrons. The van der Waals surface area contributed by atoms with Gasteiger partial charge in [-0.1, -0.05) is 43.9 Å². The zero-order chi connectivity index (χ0) is 13.1. The van der Waals surface area contributed by atoms with Gasteiger partial charge in [0.1, 0.15) is 5.82 Å². The van der Waals surface area contributed by atoms with Crippen LogP contribution in [0.3, 0.4) is 0 Å². The molecule has 1 aromatic carbocycles. The highest BCUT2D eigenvalue weighted by atomic mass is 35.5. The van der Waals surface area contributed by atoms with Crippen LogP contribution in [0.15, 0.2) is 18.2 Å². The molecule has 1 aromatic rings. The first-order valence-corrected chi connectivity index (χ1v) is 7.01. The second-order valence-electron chi connectivity index (χ2n) is 5.02. The highest BCUT2D eigenvalue weighted by molar-refractivity contribution is 6.34. The van der Waals surface area contributed by atoms with Crippen molar-refractivity contribution in [2.75, 3.05) is 0 Å². The lowest BCUT2D eigenvalue weighted by Crippen LogP contribution is -2.27. The van der Waals surface area contributed by atoms with Crippen molar-refractivity contribution < 1.29 is 9.18 Å². The molecule has 2 rings (SSSR count). The number of halogens is 2. The minimum atomic E-state index is -0.508. The fourth-order valence-corrected chi connectivity index (χ4v) is 3.15. The highest BCUT2D eigenvalue weighted by Crippen LogP contribution is 2.36. The maximum atomic E-state index is 13.4. The molecule has 3 heteroatoms. The van der Waals surface area contributed by atoms with E-state index in [0.29, 0.717) is 11.5 Å². The Balaban J connectivity index is 2.27. The van der Waals surface area contributed by atoms with Crippen LogP contribution < -0.4 is 0 Å². The number of benzene rings is 1. The lowest BCUT2D eigenvalue weighted by molar-refractivity contribution is 0.0820. The fourth-order valence-electron chi connectivity index (χ4n) is 2.94. The quantitative estimate of drug-likeness (QED) is 0.714. The summed E-state index contributed by atoms with van der Waals surface area (Å²) in [5.74, 6) is -0.0499. The molecule has 1 saturated carbocycles. The average molecular weight is 269 g/mol. The molecule has 2 unspecified atom stereocenters. The van der Waals surface area contributed by atoms with E-state index in [0.717, 1.165) is 25.7 Å². The van der Waals surface area contributed by atoms with E-state index in [9.17, 15) is 9.18 Å². The Bertz CT molecular complexity index is 444. The van der Waals surface area contributed by atoms with Gasteiger partial charge in [0.05, 0.1) is 5.02 Å². The Kier molecular flexibility index (Phi) is 4.39. The summed E-state index contributed by atoms with van der Waals surface area (Å²) < 4.78 is 13.4. The van der Waals surface area contributed by atoms with Crippen LogP contribution in [0.5, 0.6) is 0 Å². The van der Waals surface area contributed by atoms with Crippen molar-refractivity contribution in [3.8, 4) is 0 Å². The van der Waals surface area contributed by atoms with Crippen LogP contribution >= 0.6 is 11.6 Å². The first kappa shape index (κ1) is 13.5. The number of carbonyl (C=O) groups excluding carboxylic acids is 1. The Morgan fingerprint density at radius 3 is 2.83 bits per heavy atom. The zero-order valence-corrected chi connectivity index (χ0v) is 11.3. The molecule has 0 saturated heterocycles. The van der Waals surface area contributed by atoms with Crippen LogP contribution in [0.2, 0.25) is 5.02 Å². The maximum Gasteiger partial charge on any atom is 0.167 e. The molecule has 0 heterocycles. The zero-order valence-electron chi connectivity index (χ0n) is 10.6. The van der Waals surface area contributed by atoms with E-state index in [-0.39, 0.29) is 16.7 Å². The second kappa shape index (κ2) is 5.83. The van der Waals surface area contributed by atoms with E-state index >= 15 is 0 Å². The van der Waals surface area contributed by atoms with Crippen molar-refractivity contribution in [3.05, 3.63) is 34.6 Å². The van der Waals surface area contributed by atoms with Crippen LogP contribution in [0.1, 0.15) is 49.4 Å². The Labute approximate surface area is 112 Å². The van der Waals surface area contributed by atoms with E-state index in [1.807, 2.05) is 0 Å². The number of Topliss-reactive ketones (excluding diaryl/α,β-unsaturated/α-hetero) is 1. The van der Waals surface area contributed by atoms with Gasteiger partial charge in [0.2, 0.25) is 0 Å². The standard InChI is InChI=1S/C15H18ClFO/c1-2-10-6-3-4-7-11(10)15(18)12-8-5-9-13(17)14(12)16/h5,8-11H,2-4,6-7H2,1H3. The lowest BCUT2D eigenvalue weighted by atomic mass is 9.74. The van der Waals surface area contributed by atoms with Crippen molar-refractivity contribution in [3.63, 3.8) is 0 Å². The van der Waals surface area contributed by atoms with E-state index in [4.69, 9.17) is 11.6 Å². The largest absolute Gasteiger partial charge is 0.294 e. The number of hydrogen-bond acceptors (Lipinski definition) is 1. The third-order valence-corrected chi connectivity index (χ3v) is 4.37. The molecule has 0 bridgehead atoms. The summed E-state index contributed by atoms with van der Waals surface area (Å²) in [6.07, 6.45) is 5.28. The smallest absolute Gasteiger partial charge is 0.167 e. The van der Waals surface area contributed by atoms with Gasteiger partial charge in [0.15, 0.2) is 5.78 Å². The summed E-state index contributed by atoms with van der Waals surface area (Å²) in [6, 6.07) is 4.48. The summed E-state index contributed by atoms with van der Waals surface area (Å²) in [4.78, 5) is 12.5. The maximum absolute atomic E-state index is 13.4. The molecule has 1 fully saturated rings. The van der Waals surface area contributed by atoms with Crippen LogP contribution in [0, 0.1) is 17.7 Å². The Morgan fingerprint density at radius 2 is 2.11 bits per heavy atom. The van der Waals surface area contributed by atoms with E-state index in [1.54, 1.807) is 12.1 Å². The third-order valence-electron chi connectivity index (χ3n) is 3.99. The molecule has 0 N–H and O–H groups in total. The van der Waals surface area contributed by atoms with Crippen molar-refractivity contribution >= 4 is 17.4 Å². The molecule has 0 radical (unpaired) electrons. The van der Waals surface area contributed by atoms with E-state index < -0.39 is 5.82 Å². The SMILES string of the molecule is CCC1CCCCC1C(=O)c1cccc(F)c1Cl. The molecule has 1 nitrogen and oxygen atoms in total. The molecule has 0 amide bonds. The Morgan fingerprint density at radius 1 is 1.39 bits per heavy atom. The average Bonchev–Trinajstić information content (AvgIpc) is 2.41. The van der Waals surface area contributed by atoms with Crippen molar-refractivity contribution in [2.45, 2.75) is 39.0 Å². The summed E-state index contributed by atoms with van der Waals surface area (Å²) in [7, 11) is 0. The molecular weight excluding hydrogens is 251 g/mol. The van der Waals surface area contributed by atoms with Gasteiger partial charge in [0, 0.05) is 11.5 Å². The molecule has 1 aliphatic rings. The van der Waals surface area contributed by atoms with Crippen molar-refractivity contribution in [1.82, 2.24) is 0 Å². The van der Waals surface area contributed by atoms with Gasteiger partial charge in [-0.05, 0) is 30.9 Å². The van der Waals surface area contributed by atoms with E-state index in [2.05, 4.69) is 6.92 Å². The predicted octanol–water partition coefficient (Wildman–Crippen LogP) is 4.88. The molecule has 0 aromatic heterocycles. The summed E-state index contributed by atoms with van der Waals surface area (Å²) in [5.41, 5.74) is 0.349. The minimum Gasteiger partial charge on any atom is -0.294 e. The number of rotatable bonds is 3. The monoisotopic (exact) mass is 268 g/mol. The van der Waals surface area contributed by atoms with Gasteiger partial charge in [-0.25, -0.2) is 4.39 Å². The number of ketones is 1. The molecule has 2 atom stereocenters. The van der Waals surface area contributed by atoms with Gasteiger partial charge in [-0.3, -0.25) is 4.79 Å². The van der Waals surface area contributed by atoms with Crippen LogP contribution in [-0.2, 0) is 0 Å². The predicted molar refractivity (Wildman–Crippen MR) is 71.5 cm³/mol. The van der Waals surface area contributed by atoms with Crippen LogP contribution in [0.4, 0.5) is 4.39 Å². The van der Waals surface area contributed by atoms with Gasteiger partial charge in [-0.2, -0.15) is 0 Å². The second-order valence-corrected chi connectivity index (χ2v) is 5.40. The summed E-state index contributed by atoms with van der Waals surface area (Å²) in [6.45, 7) is 2.11. The summed E-state index contributed by atoms with van der Waals surface area (Å²) >= 11 is 5.90. The summed E-state index contributed by atoms with van der Waals surface area (Å²) in [5, 5.41) is -0.0251. The lowest BCUT2D eigenvalue weighted by Gasteiger charge is -2.29. The third kappa shape index (κ3) is 2.59. The molecule has 0 spiro atoms. The van der Waals surface area contributed by atoms with Crippen LogP contribution in [0.25, 0.3) is 0 Å². The normalized spacial score (nSPS) is 23.9. The highest BCUT2D eigenvalue weighted by Gasteiger charge is 2.31. The topological polar surface area (TPSA) is 17.1 Å². The molecule has 0 aliphatic heterocycles. The fraction of sp³-hybridized carbons (Fsp3) is 0.533. The van der Waals surface area contributed by atoms with E-state index in [1.165, 1.54) is 12.5 Å². The molecule has 1 aliphatic carbocycles. The number of hydrogen-bond donors (Lipinski definition) is 0. The van der Waals surface area contributed by atoms with Gasteiger partial charge >= 0.3 is 0 Å². The van der Waals surface area contributed by atoms with Gasteiger partial charge in [-0.15, -0.1) is 0 Å². The minimum absolute atomic E-state index is 0.0167. The first-order valence-electron chi connectivity index (χ1n) is 6.63. The first-order chi connectivity index (χ1) is 8.65.